The summed E-state index contributed by atoms with van der Waals surface area (Å²) in [6.07, 6.45) is 5.30. The van der Waals surface area contributed by atoms with Gasteiger partial charge in [0.1, 0.15) is 0 Å². The van der Waals surface area contributed by atoms with E-state index < -0.39 is 15.3 Å². The van der Waals surface area contributed by atoms with Crippen LogP contribution in [0.3, 0.4) is 0 Å². The second-order valence-electron chi connectivity index (χ2n) is 8.59. The largest absolute Gasteiger partial charge is 0.303 e. The van der Waals surface area contributed by atoms with Gasteiger partial charge < -0.3 is 4.90 Å². The number of hydrogen-bond donors (Lipinski definition) is 1. The molecule has 1 aliphatic heterocycles. The molecule has 0 bridgehead atoms. The Morgan fingerprint density at radius 2 is 1.88 bits per heavy atom. The number of rotatable bonds is 9. The van der Waals surface area contributed by atoms with Gasteiger partial charge in [-0.2, -0.15) is 0 Å². The molecule has 1 aromatic rings. The van der Waals surface area contributed by atoms with Gasteiger partial charge in [-0.1, -0.05) is 45.2 Å². The maximum Gasteiger partial charge on any atom is 0.235 e. The molecule has 4 nitrogen and oxygen atoms in total. The van der Waals surface area contributed by atoms with Crippen molar-refractivity contribution in [3.8, 4) is 0 Å². The average molecular weight is 379 g/mol. The van der Waals surface area contributed by atoms with Crippen LogP contribution < -0.4 is 4.72 Å². The van der Waals surface area contributed by atoms with Crippen LogP contribution >= 0.6 is 0 Å². The fourth-order valence-corrected chi connectivity index (χ4v) is 5.23. The fraction of sp³-hybridized carbons (Fsp3) is 0.714. The zero-order chi connectivity index (χ0) is 18.9. The summed E-state index contributed by atoms with van der Waals surface area (Å²) in [4.78, 5) is 2.62. The first-order valence-electron chi connectivity index (χ1n) is 10.1. The predicted molar refractivity (Wildman–Crippen MR) is 109 cm³/mol. The van der Waals surface area contributed by atoms with Crippen LogP contribution in [0.5, 0.6) is 0 Å². The first-order valence-corrected chi connectivity index (χ1v) is 11.7. The van der Waals surface area contributed by atoms with Gasteiger partial charge in [-0.15, -0.1) is 0 Å². The monoisotopic (exact) mass is 378 g/mol. The van der Waals surface area contributed by atoms with Crippen LogP contribution in [-0.2, 0) is 15.4 Å². The van der Waals surface area contributed by atoms with E-state index in [4.69, 9.17) is 0 Å². The molecule has 5 heteroatoms. The third kappa shape index (κ3) is 3.79. The molecule has 146 valence electrons. The Kier molecular flexibility index (Phi) is 5.69. The Bertz CT molecular complexity index is 717. The minimum atomic E-state index is -3.29. The van der Waals surface area contributed by atoms with E-state index in [1.54, 1.807) is 13.8 Å². The number of nitrogens with zero attached hydrogens (tertiary/aromatic N) is 1. The van der Waals surface area contributed by atoms with E-state index in [0.717, 1.165) is 0 Å². The van der Waals surface area contributed by atoms with Crippen molar-refractivity contribution in [3.63, 3.8) is 0 Å². The van der Waals surface area contributed by atoms with E-state index in [9.17, 15) is 8.42 Å². The van der Waals surface area contributed by atoms with Gasteiger partial charge in [-0.05, 0) is 56.3 Å². The first-order chi connectivity index (χ1) is 12.3. The molecular formula is C21H34N2O2S. The van der Waals surface area contributed by atoms with Gasteiger partial charge in [-0.25, -0.2) is 8.42 Å². The molecule has 0 aromatic heterocycles. The second-order valence-corrected chi connectivity index (χ2v) is 10.8. The first kappa shape index (κ1) is 19.7. The standard InChI is InChI=1S/C21H34N2O2S/c1-5-6-7-8-12-23-14-19-20(15-23)21(19,4)17-10-9-11-18(13-17)22-26(24,25)16(2)3/h9-11,13,16,19-20,22H,5-8,12,14-15H2,1-4H3. The van der Waals surface area contributed by atoms with Gasteiger partial charge in [0.15, 0.2) is 0 Å². The molecular weight excluding hydrogens is 344 g/mol. The maximum absolute atomic E-state index is 12.1. The van der Waals surface area contributed by atoms with Crippen LogP contribution in [-0.4, -0.2) is 38.2 Å². The number of sulfonamides is 1. The normalized spacial score (nSPS) is 28.3. The van der Waals surface area contributed by atoms with E-state index in [1.165, 1.54) is 50.9 Å². The SMILES string of the molecule is CCCCCCN1CC2C(C1)C2(C)c1cccc(NS(=O)(=O)C(C)C)c1. The maximum atomic E-state index is 12.1. The Hall–Kier alpha value is -1.07. The average Bonchev–Trinajstić information content (AvgIpc) is 2.94. The molecule has 1 aliphatic carbocycles. The van der Waals surface area contributed by atoms with E-state index in [2.05, 4.69) is 29.5 Å². The zero-order valence-corrected chi connectivity index (χ0v) is 17.5. The van der Waals surface area contributed by atoms with Crippen molar-refractivity contribution in [2.24, 2.45) is 11.8 Å². The van der Waals surface area contributed by atoms with E-state index in [1.807, 2.05) is 18.2 Å². The van der Waals surface area contributed by atoms with Gasteiger partial charge in [-0.3, -0.25) is 4.72 Å². The number of likely N-dealkylation sites (tertiary alicyclic amines) is 1. The number of anilines is 1. The summed E-state index contributed by atoms with van der Waals surface area (Å²) in [6, 6.07) is 8.04. The van der Waals surface area contributed by atoms with Gasteiger partial charge >= 0.3 is 0 Å². The van der Waals surface area contributed by atoms with Crippen molar-refractivity contribution >= 4 is 15.7 Å². The van der Waals surface area contributed by atoms with Crippen molar-refractivity contribution < 1.29 is 8.42 Å². The fourth-order valence-electron chi connectivity index (χ4n) is 4.54. The van der Waals surface area contributed by atoms with Crippen molar-refractivity contribution in [2.75, 3.05) is 24.4 Å². The quantitative estimate of drug-likeness (QED) is 0.654. The molecule has 1 N–H and O–H groups in total. The third-order valence-corrected chi connectivity index (χ3v) is 8.28. The lowest BCUT2D eigenvalue weighted by Gasteiger charge is -2.25. The second kappa shape index (κ2) is 7.51. The smallest absolute Gasteiger partial charge is 0.235 e. The van der Waals surface area contributed by atoms with Crippen molar-refractivity contribution in [2.45, 2.75) is 64.0 Å². The van der Waals surface area contributed by atoms with Crippen LogP contribution in [0, 0.1) is 11.8 Å². The number of nitrogens with one attached hydrogen (secondary N) is 1. The van der Waals surface area contributed by atoms with Crippen molar-refractivity contribution in [3.05, 3.63) is 29.8 Å². The number of benzene rings is 1. The summed E-state index contributed by atoms with van der Waals surface area (Å²) in [5.74, 6) is 1.43. The van der Waals surface area contributed by atoms with Gasteiger partial charge in [0.05, 0.1) is 5.25 Å². The number of hydrogen-bond acceptors (Lipinski definition) is 3. The van der Waals surface area contributed by atoms with Crippen molar-refractivity contribution in [1.82, 2.24) is 4.90 Å². The minimum Gasteiger partial charge on any atom is -0.303 e. The molecule has 26 heavy (non-hydrogen) atoms. The molecule has 2 aliphatic rings. The summed E-state index contributed by atoms with van der Waals surface area (Å²) in [5.41, 5.74) is 2.18. The van der Waals surface area contributed by atoms with Gasteiger partial charge in [0.2, 0.25) is 10.0 Å². The molecule has 3 rings (SSSR count). The lowest BCUT2D eigenvalue weighted by Crippen LogP contribution is -2.30. The summed E-state index contributed by atoms with van der Waals surface area (Å²) >= 11 is 0. The molecule has 1 aromatic carbocycles. The van der Waals surface area contributed by atoms with Gasteiger partial charge in [0.25, 0.3) is 0 Å². The summed E-state index contributed by atoms with van der Waals surface area (Å²) in [6.45, 7) is 11.6. The Labute approximate surface area is 159 Å². The van der Waals surface area contributed by atoms with Crippen LogP contribution in [0.25, 0.3) is 0 Å². The Balaban J connectivity index is 1.61. The molecule has 0 spiro atoms. The highest BCUT2D eigenvalue weighted by Crippen LogP contribution is 2.63. The highest BCUT2D eigenvalue weighted by atomic mass is 32.2. The Morgan fingerprint density at radius 3 is 2.50 bits per heavy atom. The van der Waals surface area contributed by atoms with Crippen LogP contribution in [0.1, 0.15) is 58.9 Å². The summed E-state index contributed by atoms with van der Waals surface area (Å²) in [5, 5.41) is -0.427. The lowest BCUT2D eigenvalue weighted by molar-refractivity contribution is 0.271. The van der Waals surface area contributed by atoms with Crippen molar-refractivity contribution in [1.29, 1.82) is 0 Å². The van der Waals surface area contributed by atoms with E-state index in [-0.39, 0.29) is 5.41 Å². The molecule has 1 heterocycles. The molecule has 0 radical (unpaired) electrons. The molecule has 2 atom stereocenters. The topological polar surface area (TPSA) is 49.4 Å². The van der Waals surface area contributed by atoms with E-state index in [0.29, 0.717) is 17.5 Å². The van der Waals surface area contributed by atoms with Crippen LogP contribution in [0.4, 0.5) is 5.69 Å². The van der Waals surface area contributed by atoms with Crippen LogP contribution in [0.15, 0.2) is 24.3 Å². The number of unbranched alkanes of at least 4 members (excludes halogenated alkanes) is 3. The number of piperidine rings is 1. The van der Waals surface area contributed by atoms with Gasteiger partial charge in [0, 0.05) is 24.2 Å². The number of fused-ring (bicyclic) bond motifs is 1. The van der Waals surface area contributed by atoms with E-state index >= 15 is 0 Å². The highest BCUT2D eigenvalue weighted by Gasteiger charge is 2.65. The molecule has 1 saturated heterocycles. The molecule has 2 unspecified atom stereocenters. The van der Waals surface area contributed by atoms with Crippen LogP contribution in [0.2, 0.25) is 0 Å². The Morgan fingerprint density at radius 1 is 1.19 bits per heavy atom. The lowest BCUT2D eigenvalue weighted by atomic mass is 9.92. The minimum absolute atomic E-state index is 0.208. The zero-order valence-electron chi connectivity index (χ0n) is 16.7. The molecule has 0 amide bonds. The summed E-state index contributed by atoms with van der Waals surface area (Å²) in [7, 11) is -3.29. The molecule has 2 fully saturated rings. The predicted octanol–water partition coefficient (Wildman–Crippen LogP) is 4.24. The third-order valence-electron chi connectivity index (χ3n) is 6.52. The highest BCUT2D eigenvalue weighted by molar-refractivity contribution is 7.93. The summed E-state index contributed by atoms with van der Waals surface area (Å²) < 4.78 is 27.0. The molecule has 1 saturated carbocycles.